The Morgan fingerprint density at radius 2 is 1.86 bits per heavy atom. The molecule has 0 heterocycles. The third-order valence-electron chi connectivity index (χ3n) is 4.54. The van der Waals surface area contributed by atoms with E-state index in [4.69, 9.17) is 4.74 Å². The van der Waals surface area contributed by atoms with Gasteiger partial charge in [-0.3, -0.25) is 0 Å². The predicted molar refractivity (Wildman–Crippen MR) is 119 cm³/mol. The molecule has 0 bridgehead atoms. The van der Waals surface area contributed by atoms with Crippen molar-refractivity contribution in [2.45, 2.75) is 46.1 Å². The number of ether oxygens (including phenoxy) is 1. The van der Waals surface area contributed by atoms with Gasteiger partial charge in [0.2, 0.25) is 0 Å². The minimum absolute atomic E-state index is 0.0398. The van der Waals surface area contributed by atoms with Crippen molar-refractivity contribution in [3.63, 3.8) is 0 Å². The van der Waals surface area contributed by atoms with Gasteiger partial charge in [-0.05, 0) is 57.9 Å². The zero-order chi connectivity index (χ0) is 20.6. The van der Waals surface area contributed by atoms with Crippen LogP contribution in [-0.4, -0.2) is 30.6 Å². The third-order valence-corrected chi connectivity index (χ3v) is 5.16. The molecule has 0 aliphatic rings. The summed E-state index contributed by atoms with van der Waals surface area (Å²) in [6.45, 7) is 11.0. The molecule has 0 aliphatic heterocycles. The molecule has 0 aliphatic carbocycles. The van der Waals surface area contributed by atoms with Crippen molar-refractivity contribution in [1.29, 1.82) is 0 Å². The van der Waals surface area contributed by atoms with Gasteiger partial charge >= 0.3 is 6.03 Å². The van der Waals surface area contributed by atoms with Gasteiger partial charge in [0.1, 0.15) is 5.75 Å². The van der Waals surface area contributed by atoms with Gasteiger partial charge in [0, 0.05) is 19.6 Å². The van der Waals surface area contributed by atoms with Crippen LogP contribution in [0.5, 0.6) is 5.75 Å². The summed E-state index contributed by atoms with van der Waals surface area (Å²) in [7, 11) is 0. The number of amides is 2. The number of hydrogen-bond acceptors (Lipinski definition) is 2. The maximum atomic E-state index is 12.4. The average molecular weight is 447 g/mol. The van der Waals surface area contributed by atoms with Crippen molar-refractivity contribution < 1.29 is 9.53 Å². The Morgan fingerprint density at radius 3 is 2.46 bits per heavy atom. The quantitative estimate of drug-likeness (QED) is 0.524. The lowest BCUT2D eigenvalue weighted by molar-refractivity contribution is 0.197. The highest BCUT2D eigenvalue weighted by Gasteiger charge is 2.15. The minimum Gasteiger partial charge on any atom is -0.492 e. The monoisotopic (exact) mass is 446 g/mol. The van der Waals surface area contributed by atoms with Crippen molar-refractivity contribution in [3.05, 3.63) is 64.1 Å². The molecular formula is C23H31BrN2O2. The van der Waals surface area contributed by atoms with E-state index in [-0.39, 0.29) is 11.4 Å². The van der Waals surface area contributed by atoms with Crippen molar-refractivity contribution in [1.82, 2.24) is 10.2 Å². The molecule has 2 aromatic rings. The number of carbonyl (C=O) groups excluding carboxylic acids is 1. The Morgan fingerprint density at radius 1 is 1.14 bits per heavy atom. The largest absolute Gasteiger partial charge is 0.492 e. The van der Waals surface area contributed by atoms with Crippen LogP contribution < -0.4 is 10.1 Å². The van der Waals surface area contributed by atoms with Gasteiger partial charge < -0.3 is 15.0 Å². The SMILES string of the molecule is CCN(Cc1ccccc1)C(=O)NCCCOc1ccc(C(C)(C)C)cc1Br. The number of halogens is 1. The van der Waals surface area contributed by atoms with E-state index >= 15 is 0 Å². The fourth-order valence-corrected chi connectivity index (χ4v) is 3.27. The summed E-state index contributed by atoms with van der Waals surface area (Å²) in [6.07, 6.45) is 0.752. The Hall–Kier alpha value is -2.01. The van der Waals surface area contributed by atoms with Crippen molar-refractivity contribution in [2.24, 2.45) is 0 Å². The molecule has 0 radical (unpaired) electrons. The van der Waals surface area contributed by atoms with Crippen molar-refractivity contribution >= 4 is 22.0 Å². The first kappa shape index (κ1) is 22.3. The van der Waals surface area contributed by atoms with E-state index in [1.807, 2.05) is 43.3 Å². The molecule has 0 fully saturated rings. The summed E-state index contributed by atoms with van der Waals surface area (Å²) in [5.74, 6) is 0.832. The predicted octanol–water partition coefficient (Wildman–Crippen LogP) is 5.75. The summed E-state index contributed by atoms with van der Waals surface area (Å²) < 4.78 is 6.82. The van der Waals surface area contributed by atoms with Gasteiger partial charge in [-0.2, -0.15) is 0 Å². The maximum absolute atomic E-state index is 12.4. The second-order valence-electron chi connectivity index (χ2n) is 7.83. The molecule has 2 amide bonds. The Labute approximate surface area is 177 Å². The van der Waals surface area contributed by atoms with Crippen LogP contribution in [0.2, 0.25) is 0 Å². The van der Waals surface area contributed by atoms with Gasteiger partial charge in [-0.25, -0.2) is 4.79 Å². The number of benzene rings is 2. The van der Waals surface area contributed by atoms with Gasteiger partial charge in [0.15, 0.2) is 0 Å². The normalized spacial score (nSPS) is 11.2. The molecule has 152 valence electrons. The van der Waals surface area contributed by atoms with Crippen LogP contribution in [0.3, 0.4) is 0 Å². The number of nitrogens with zero attached hydrogens (tertiary/aromatic N) is 1. The second-order valence-corrected chi connectivity index (χ2v) is 8.68. The highest BCUT2D eigenvalue weighted by atomic mass is 79.9. The molecular weight excluding hydrogens is 416 g/mol. The molecule has 5 heteroatoms. The van der Waals surface area contributed by atoms with Crippen LogP contribution >= 0.6 is 15.9 Å². The number of nitrogens with one attached hydrogen (secondary N) is 1. The van der Waals surface area contributed by atoms with E-state index in [1.165, 1.54) is 5.56 Å². The summed E-state index contributed by atoms with van der Waals surface area (Å²) in [5, 5.41) is 2.98. The van der Waals surface area contributed by atoms with E-state index in [9.17, 15) is 4.79 Å². The Balaban J connectivity index is 1.74. The zero-order valence-corrected chi connectivity index (χ0v) is 18.9. The number of rotatable bonds is 8. The number of hydrogen-bond donors (Lipinski definition) is 1. The van der Waals surface area contributed by atoms with Crippen LogP contribution in [0.4, 0.5) is 4.79 Å². The Kier molecular flexibility index (Phi) is 8.36. The first-order valence-corrected chi connectivity index (χ1v) is 10.6. The first-order chi connectivity index (χ1) is 13.3. The summed E-state index contributed by atoms with van der Waals surface area (Å²) in [5.41, 5.74) is 2.50. The van der Waals surface area contributed by atoms with Gasteiger partial charge in [0.05, 0.1) is 11.1 Å². The van der Waals surface area contributed by atoms with Crippen LogP contribution in [-0.2, 0) is 12.0 Å². The highest BCUT2D eigenvalue weighted by molar-refractivity contribution is 9.10. The summed E-state index contributed by atoms with van der Waals surface area (Å²) in [4.78, 5) is 14.2. The third kappa shape index (κ3) is 6.86. The average Bonchev–Trinajstić information content (AvgIpc) is 2.66. The van der Waals surface area contributed by atoms with Gasteiger partial charge in [0.25, 0.3) is 0 Å². The molecule has 1 N–H and O–H groups in total. The molecule has 2 aromatic carbocycles. The molecule has 0 atom stereocenters. The molecule has 0 saturated carbocycles. The molecule has 2 rings (SSSR count). The van der Waals surface area contributed by atoms with Crippen LogP contribution in [0.1, 0.15) is 45.2 Å². The highest BCUT2D eigenvalue weighted by Crippen LogP contribution is 2.31. The first-order valence-electron chi connectivity index (χ1n) is 9.80. The minimum atomic E-state index is -0.0398. The number of carbonyl (C=O) groups is 1. The molecule has 0 saturated heterocycles. The lowest BCUT2D eigenvalue weighted by atomic mass is 9.87. The topological polar surface area (TPSA) is 41.6 Å². The summed E-state index contributed by atoms with van der Waals surface area (Å²) >= 11 is 3.59. The molecule has 0 unspecified atom stereocenters. The lowest BCUT2D eigenvalue weighted by Gasteiger charge is -2.21. The van der Waals surface area contributed by atoms with E-state index < -0.39 is 0 Å². The fourth-order valence-electron chi connectivity index (χ4n) is 2.78. The molecule has 0 aromatic heterocycles. The van der Waals surface area contributed by atoms with Crippen LogP contribution in [0.15, 0.2) is 53.0 Å². The van der Waals surface area contributed by atoms with Crippen LogP contribution in [0.25, 0.3) is 0 Å². The zero-order valence-electron chi connectivity index (χ0n) is 17.3. The molecule has 4 nitrogen and oxygen atoms in total. The summed E-state index contributed by atoms with van der Waals surface area (Å²) in [6, 6.07) is 16.2. The smallest absolute Gasteiger partial charge is 0.317 e. The van der Waals surface area contributed by atoms with E-state index in [0.29, 0.717) is 26.2 Å². The van der Waals surface area contributed by atoms with Crippen LogP contribution in [0, 0.1) is 0 Å². The van der Waals surface area contributed by atoms with E-state index in [0.717, 1.165) is 22.2 Å². The Bertz CT molecular complexity index is 757. The van der Waals surface area contributed by atoms with Crippen molar-refractivity contribution in [2.75, 3.05) is 19.7 Å². The maximum Gasteiger partial charge on any atom is 0.317 e. The lowest BCUT2D eigenvalue weighted by Crippen LogP contribution is -2.40. The van der Waals surface area contributed by atoms with E-state index in [2.05, 4.69) is 54.2 Å². The van der Waals surface area contributed by atoms with Gasteiger partial charge in [-0.1, -0.05) is 57.2 Å². The molecule has 0 spiro atoms. The molecule has 28 heavy (non-hydrogen) atoms. The second kappa shape index (κ2) is 10.5. The van der Waals surface area contributed by atoms with Crippen molar-refractivity contribution in [3.8, 4) is 5.75 Å². The fraction of sp³-hybridized carbons (Fsp3) is 0.435. The standard InChI is InChI=1S/C23H31BrN2O2/c1-5-26(17-18-10-7-6-8-11-18)22(27)25-14-9-15-28-21-13-12-19(16-20(21)24)23(2,3)4/h6-8,10-13,16H,5,9,14-15,17H2,1-4H3,(H,25,27). The van der Waals surface area contributed by atoms with E-state index in [1.54, 1.807) is 4.90 Å². The number of urea groups is 1. The van der Waals surface area contributed by atoms with Gasteiger partial charge in [-0.15, -0.1) is 0 Å².